The van der Waals surface area contributed by atoms with Crippen LogP contribution in [0.4, 0.5) is 17.5 Å². The molecule has 0 amide bonds. The Morgan fingerprint density at radius 1 is 0.974 bits per heavy atom. The first-order chi connectivity index (χ1) is 18.2. The molecule has 4 aromatic rings. The van der Waals surface area contributed by atoms with Gasteiger partial charge in [0, 0.05) is 60.9 Å². The quantitative estimate of drug-likeness (QED) is 0.373. The fourth-order valence-corrected chi connectivity index (χ4v) is 6.28. The molecule has 1 aliphatic rings. The maximum Gasteiger partial charge on any atom is 0.225 e. The summed E-state index contributed by atoms with van der Waals surface area (Å²) in [7, 11) is -1.13. The largest absolute Gasteiger partial charge is 0.336 e. The first-order valence-electron chi connectivity index (χ1n) is 13.2. The lowest BCUT2D eigenvalue weighted by molar-refractivity contribution is 0.197. The van der Waals surface area contributed by atoms with Gasteiger partial charge in [-0.05, 0) is 56.7 Å². The minimum absolute atomic E-state index is 0.250. The molecule has 0 radical (unpaired) electrons. The molecule has 0 aromatic carbocycles. The van der Waals surface area contributed by atoms with Crippen LogP contribution in [0, 0.1) is 18.8 Å². The topological polar surface area (TPSA) is 101 Å². The van der Waals surface area contributed by atoms with Crippen LogP contribution >= 0.6 is 0 Å². The van der Waals surface area contributed by atoms with Crippen LogP contribution in [0.2, 0.25) is 0 Å². The highest BCUT2D eigenvalue weighted by atomic mass is 32.2. The molecule has 10 heteroatoms. The number of hydrogen-bond acceptors (Lipinski definition) is 8. The first-order valence-corrected chi connectivity index (χ1v) is 14.8. The molecule has 200 valence electrons. The molecule has 38 heavy (non-hydrogen) atoms. The molecule has 1 fully saturated rings. The summed E-state index contributed by atoms with van der Waals surface area (Å²) in [6, 6.07) is 4.18. The Kier molecular flexibility index (Phi) is 7.17. The Morgan fingerprint density at radius 2 is 1.66 bits per heavy atom. The van der Waals surface area contributed by atoms with E-state index in [0.29, 0.717) is 28.6 Å². The van der Waals surface area contributed by atoms with Crippen molar-refractivity contribution in [1.29, 1.82) is 0 Å². The Balaban J connectivity index is 1.46. The highest BCUT2D eigenvalue weighted by Gasteiger charge is 2.44. The summed E-state index contributed by atoms with van der Waals surface area (Å²) in [5, 5.41) is 3.96. The second-order valence-electron chi connectivity index (χ2n) is 10.4. The molecular weight excluding hydrogens is 496 g/mol. The van der Waals surface area contributed by atoms with Gasteiger partial charge in [-0.15, -0.1) is 0 Å². The number of nitrogens with one attached hydrogen (secondary N) is 1. The second-order valence-corrected chi connectivity index (χ2v) is 11.7. The van der Waals surface area contributed by atoms with Gasteiger partial charge in [0.15, 0.2) is 11.5 Å². The number of aromatic nitrogens is 6. The lowest BCUT2D eigenvalue weighted by Crippen LogP contribution is -2.55. The van der Waals surface area contributed by atoms with Gasteiger partial charge in [-0.1, -0.05) is 20.8 Å². The number of nitrogens with zero attached hydrogens (tertiary/aromatic N) is 7. The van der Waals surface area contributed by atoms with Gasteiger partial charge in [0.2, 0.25) is 5.95 Å². The third kappa shape index (κ3) is 4.55. The molecule has 5 unspecified atom stereocenters. The van der Waals surface area contributed by atoms with Crippen molar-refractivity contribution in [1.82, 2.24) is 29.3 Å². The van der Waals surface area contributed by atoms with Crippen LogP contribution in [0.1, 0.15) is 57.5 Å². The van der Waals surface area contributed by atoms with E-state index in [4.69, 9.17) is 15.0 Å². The van der Waals surface area contributed by atoms with E-state index in [2.05, 4.69) is 59.2 Å². The standard InChI is InChI=1S/C28H36N8OS/c1-8-21-13-31-28(32-14-21)36-19(5)16(2)25(17(3)20(36)6)23-15-30-27-26(29-11-12-35(23)27)34-22-9-10-24(38(7)37)33-18(22)4/h9-17,19-20,25H,8H2,1-7H3,(H,29,34). The van der Waals surface area contributed by atoms with Gasteiger partial charge < -0.3 is 10.2 Å². The fourth-order valence-electron chi connectivity index (χ4n) is 5.75. The number of piperidine rings is 1. The number of fused-ring (bicyclic) bond motifs is 1. The van der Waals surface area contributed by atoms with Crippen LogP contribution in [0.15, 0.2) is 48.1 Å². The molecule has 0 aliphatic carbocycles. The van der Waals surface area contributed by atoms with Crippen molar-refractivity contribution in [3.05, 3.63) is 60.1 Å². The fraction of sp³-hybridized carbons (Fsp3) is 0.464. The highest BCUT2D eigenvalue weighted by molar-refractivity contribution is 7.84. The molecule has 0 spiro atoms. The summed E-state index contributed by atoms with van der Waals surface area (Å²) in [5.41, 5.74) is 4.68. The molecule has 1 saturated heterocycles. The number of rotatable bonds is 6. The summed E-state index contributed by atoms with van der Waals surface area (Å²) in [6.45, 7) is 13.2. The minimum atomic E-state index is -1.13. The third-order valence-corrected chi connectivity index (χ3v) is 9.09. The van der Waals surface area contributed by atoms with Gasteiger partial charge in [0.05, 0.1) is 22.2 Å². The smallest absolute Gasteiger partial charge is 0.225 e. The number of anilines is 3. The number of imidazole rings is 1. The zero-order valence-electron chi connectivity index (χ0n) is 23.1. The highest BCUT2D eigenvalue weighted by Crippen LogP contribution is 2.44. The Morgan fingerprint density at radius 3 is 2.26 bits per heavy atom. The molecule has 1 N–H and O–H groups in total. The number of hydrogen-bond donors (Lipinski definition) is 1. The van der Waals surface area contributed by atoms with Gasteiger partial charge in [-0.3, -0.25) is 8.61 Å². The summed E-state index contributed by atoms with van der Waals surface area (Å²) < 4.78 is 14.0. The number of pyridine rings is 1. The molecule has 9 nitrogen and oxygen atoms in total. The van der Waals surface area contributed by atoms with E-state index in [1.807, 2.05) is 37.8 Å². The Bertz CT molecular complexity index is 1450. The SMILES string of the molecule is CCc1cnc(N2C(C)C(C)C(c3cnc4c(Nc5ccc(S(C)=O)nc5C)nccn34)C(C)C2C)nc1. The predicted octanol–water partition coefficient (Wildman–Crippen LogP) is 4.92. The van der Waals surface area contributed by atoms with Crippen molar-refractivity contribution < 1.29 is 4.21 Å². The molecule has 5 heterocycles. The average molecular weight is 533 g/mol. The average Bonchev–Trinajstić information content (AvgIpc) is 3.34. The van der Waals surface area contributed by atoms with E-state index in [1.165, 1.54) is 5.69 Å². The van der Waals surface area contributed by atoms with Crippen molar-refractivity contribution in [2.75, 3.05) is 16.5 Å². The van der Waals surface area contributed by atoms with Crippen LogP contribution in [-0.4, -0.2) is 51.9 Å². The lowest BCUT2D eigenvalue weighted by Gasteiger charge is -2.50. The lowest BCUT2D eigenvalue weighted by atomic mass is 9.70. The summed E-state index contributed by atoms with van der Waals surface area (Å²) in [6.07, 6.45) is 12.2. The number of aryl methyl sites for hydroxylation is 2. The first kappa shape index (κ1) is 26.2. The summed E-state index contributed by atoms with van der Waals surface area (Å²) in [5.74, 6) is 2.44. The maximum absolute atomic E-state index is 11.8. The van der Waals surface area contributed by atoms with Crippen LogP contribution in [0.25, 0.3) is 5.65 Å². The molecule has 0 bridgehead atoms. The van der Waals surface area contributed by atoms with Gasteiger partial charge >= 0.3 is 0 Å². The van der Waals surface area contributed by atoms with E-state index in [1.54, 1.807) is 18.5 Å². The van der Waals surface area contributed by atoms with E-state index in [9.17, 15) is 4.21 Å². The van der Waals surface area contributed by atoms with E-state index >= 15 is 0 Å². The molecule has 0 saturated carbocycles. The second kappa shape index (κ2) is 10.4. The summed E-state index contributed by atoms with van der Waals surface area (Å²) in [4.78, 5) is 25.7. The predicted molar refractivity (Wildman–Crippen MR) is 151 cm³/mol. The Labute approximate surface area is 226 Å². The van der Waals surface area contributed by atoms with Crippen LogP contribution < -0.4 is 10.2 Å². The molecule has 4 aromatic heterocycles. The normalized spacial score (nSPS) is 24.5. The van der Waals surface area contributed by atoms with Gasteiger partial charge in [0.25, 0.3) is 0 Å². The van der Waals surface area contributed by atoms with E-state index in [0.717, 1.165) is 35.0 Å². The van der Waals surface area contributed by atoms with Crippen molar-refractivity contribution in [3.8, 4) is 0 Å². The van der Waals surface area contributed by atoms with Crippen LogP contribution in [-0.2, 0) is 17.2 Å². The van der Waals surface area contributed by atoms with Crippen LogP contribution in [0.3, 0.4) is 0 Å². The monoisotopic (exact) mass is 532 g/mol. The van der Waals surface area contributed by atoms with E-state index < -0.39 is 10.8 Å². The molecular formula is C28H36N8OS. The minimum Gasteiger partial charge on any atom is -0.336 e. The zero-order chi connectivity index (χ0) is 27.1. The zero-order valence-corrected chi connectivity index (χ0v) is 23.9. The Hall–Kier alpha value is -3.40. The van der Waals surface area contributed by atoms with Crippen molar-refractivity contribution in [2.45, 2.75) is 71.0 Å². The molecule has 5 atom stereocenters. The van der Waals surface area contributed by atoms with Gasteiger partial charge in [-0.2, -0.15) is 0 Å². The van der Waals surface area contributed by atoms with Crippen molar-refractivity contribution in [3.63, 3.8) is 0 Å². The van der Waals surface area contributed by atoms with Gasteiger partial charge in [-0.25, -0.2) is 24.9 Å². The van der Waals surface area contributed by atoms with Crippen molar-refractivity contribution >= 4 is 33.9 Å². The van der Waals surface area contributed by atoms with Crippen LogP contribution in [0.5, 0.6) is 0 Å². The van der Waals surface area contributed by atoms with Gasteiger partial charge in [0.1, 0.15) is 5.03 Å². The third-order valence-electron chi connectivity index (χ3n) is 8.27. The summed E-state index contributed by atoms with van der Waals surface area (Å²) >= 11 is 0. The van der Waals surface area contributed by atoms with E-state index in [-0.39, 0.29) is 12.1 Å². The maximum atomic E-state index is 11.8. The molecule has 5 rings (SSSR count). The van der Waals surface area contributed by atoms with Crippen molar-refractivity contribution in [2.24, 2.45) is 11.8 Å². The molecule has 1 aliphatic heterocycles.